The third kappa shape index (κ3) is 8.27. The summed E-state index contributed by atoms with van der Waals surface area (Å²) in [6, 6.07) is 26.6. The van der Waals surface area contributed by atoms with E-state index in [1.54, 1.807) is 0 Å². The van der Waals surface area contributed by atoms with Crippen LogP contribution in [0.2, 0.25) is 0 Å². The van der Waals surface area contributed by atoms with Gasteiger partial charge in [-0.1, -0.05) is 75.4 Å². The van der Waals surface area contributed by atoms with Gasteiger partial charge in [-0.2, -0.15) is 0 Å². The average molecular weight is 666 g/mol. The Morgan fingerprint density at radius 1 is 0.500 bits per heavy atom. The fourth-order valence-electron chi connectivity index (χ4n) is 5.73. The molecule has 212 valence electrons. The van der Waals surface area contributed by atoms with Gasteiger partial charge < -0.3 is 38.5 Å². The Bertz CT molecular complexity index is 1370. The zero-order chi connectivity index (χ0) is 26.0. The van der Waals surface area contributed by atoms with E-state index in [2.05, 4.69) is 118 Å². The van der Waals surface area contributed by atoms with Gasteiger partial charge in [0, 0.05) is 65.5 Å². The molecule has 0 amide bonds. The lowest BCUT2D eigenvalue weighted by Crippen LogP contribution is -3.00. The third-order valence-corrected chi connectivity index (χ3v) is 7.83. The van der Waals surface area contributed by atoms with Crippen molar-refractivity contribution >= 4 is 21.8 Å². The van der Waals surface area contributed by atoms with Crippen LogP contribution in [0.5, 0.6) is 0 Å². The van der Waals surface area contributed by atoms with Crippen molar-refractivity contribution in [1.29, 1.82) is 0 Å². The number of aromatic nitrogens is 3. The minimum Gasteiger partial charge on any atom is -1.00 e. The maximum absolute atomic E-state index is 2.52. The molecular weight excluding hydrogens is 622 g/mol. The van der Waals surface area contributed by atoms with Gasteiger partial charge in [-0.15, -0.1) is 0 Å². The highest BCUT2D eigenvalue weighted by Gasteiger charge is 2.09. The van der Waals surface area contributed by atoms with E-state index in [4.69, 9.17) is 0 Å². The first-order valence-corrected chi connectivity index (χ1v) is 14.8. The third-order valence-electron chi connectivity index (χ3n) is 7.83. The predicted octanol–water partition coefficient (Wildman–Crippen LogP) is 2.28. The summed E-state index contributed by atoms with van der Waals surface area (Å²) in [7, 11) is 0. The molecule has 0 aliphatic heterocycles. The summed E-state index contributed by atoms with van der Waals surface area (Å²) < 4.78 is 7.11. The Kier molecular flexibility index (Phi) is 13.4. The fraction of sp³-hybridized carbons (Fsp3) is 0.371. The van der Waals surface area contributed by atoms with Crippen molar-refractivity contribution in [1.82, 2.24) is 4.57 Å². The molecular formula is C35H43Br2N3. The Labute approximate surface area is 261 Å². The summed E-state index contributed by atoms with van der Waals surface area (Å²) in [5.41, 5.74) is 5.34. The number of benzene rings is 2. The number of aryl methyl sites for hydroxylation is 3. The summed E-state index contributed by atoms with van der Waals surface area (Å²) in [6.45, 7) is 5.53. The molecule has 0 saturated carbocycles. The summed E-state index contributed by atoms with van der Waals surface area (Å²) in [5.74, 6) is 0. The smallest absolute Gasteiger partial charge is 0.169 e. The van der Waals surface area contributed by atoms with E-state index in [1.165, 1.54) is 90.7 Å². The number of fused-ring (bicyclic) bond motifs is 3. The van der Waals surface area contributed by atoms with Gasteiger partial charge in [-0.05, 0) is 36.1 Å². The van der Waals surface area contributed by atoms with E-state index in [0.29, 0.717) is 0 Å². The van der Waals surface area contributed by atoms with Crippen molar-refractivity contribution in [2.45, 2.75) is 84.3 Å². The first-order chi connectivity index (χ1) is 18.8. The molecule has 40 heavy (non-hydrogen) atoms. The zero-order valence-electron chi connectivity index (χ0n) is 23.8. The molecule has 0 unspecified atom stereocenters. The van der Waals surface area contributed by atoms with Crippen LogP contribution in [0.1, 0.15) is 64.7 Å². The van der Waals surface area contributed by atoms with Crippen molar-refractivity contribution in [2.24, 2.45) is 0 Å². The van der Waals surface area contributed by atoms with E-state index in [-0.39, 0.29) is 34.0 Å². The van der Waals surface area contributed by atoms with Crippen molar-refractivity contribution in [3.8, 4) is 11.1 Å². The van der Waals surface area contributed by atoms with Crippen LogP contribution < -0.4 is 43.1 Å². The molecule has 5 heteroatoms. The largest absolute Gasteiger partial charge is 1.00 e. The SMILES string of the molecule is CCC[n+]1ccc(-c2cc[n+](CCCCCCCCCCn3c4ccccc4c4ccccc43)cc2)cc1.[Br-].[Br-]. The van der Waals surface area contributed by atoms with Crippen LogP contribution in [0, 0.1) is 0 Å². The topological polar surface area (TPSA) is 12.7 Å². The number of para-hydroxylation sites is 2. The monoisotopic (exact) mass is 663 g/mol. The lowest BCUT2D eigenvalue weighted by Gasteiger charge is -2.07. The minimum absolute atomic E-state index is 0. The number of halogens is 2. The zero-order valence-corrected chi connectivity index (χ0v) is 27.0. The van der Waals surface area contributed by atoms with Gasteiger partial charge in [0.1, 0.15) is 13.1 Å². The van der Waals surface area contributed by atoms with Gasteiger partial charge >= 0.3 is 0 Å². The van der Waals surface area contributed by atoms with Crippen LogP contribution in [0.25, 0.3) is 32.9 Å². The van der Waals surface area contributed by atoms with Crippen LogP contribution in [-0.4, -0.2) is 4.57 Å². The fourth-order valence-corrected chi connectivity index (χ4v) is 5.73. The maximum Gasteiger partial charge on any atom is 0.169 e. The molecule has 0 radical (unpaired) electrons. The van der Waals surface area contributed by atoms with Gasteiger partial charge in [0.25, 0.3) is 0 Å². The predicted molar refractivity (Wildman–Crippen MR) is 159 cm³/mol. The summed E-state index contributed by atoms with van der Waals surface area (Å²) in [5, 5.41) is 2.77. The highest BCUT2D eigenvalue weighted by Crippen LogP contribution is 2.29. The van der Waals surface area contributed by atoms with Crippen molar-refractivity contribution in [2.75, 3.05) is 0 Å². The molecule has 5 aromatic rings. The van der Waals surface area contributed by atoms with Crippen molar-refractivity contribution < 1.29 is 43.1 Å². The molecule has 0 aliphatic rings. The van der Waals surface area contributed by atoms with Gasteiger partial charge in [-0.25, -0.2) is 9.13 Å². The molecule has 0 saturated heterocycles. The molecule has 3 aromatic heterocycles. The number of rotatable bonds is 14. The Morgan fingerprint density at radius 2 is 0.925 bits per heavy atom. The molecule has 0 bridgehead atoms. The van der Waals surface area contributed by atoms with Crippen LogP contribution in [0.3, 0.4) is 0 Å². The first-order valence-electron chi connectivity index (χ1n) is 14.8. The van der Waals surface area contributed by atoms with E-state index >= 15 is 0 Å². The molecule has 0 fully saturated rings. The van der Waals surface area contributed by atoms with Gasteiger partial charge in [0.05, 0.1) is 0 Å². The first kappa shape index (κ1) is 32.0. The number of pyridine rings is 2. The van der Waals surface area contributed by atoms with Crippen LogP contribution >= 0.6 is 0 Å². The Hall–Kier alpha value is -2.50. The second-order valence-corrected chi connectivity index (χ2v) is 10.7. The minimum atomic E-state index is 0. The molecule has 3 heterocycles. The summed E-state index contributed by atoms with van der Waals surface area (Å²) in [4.78, 5) is 0. The average Bonchev–Trinajstić information content (AvgIpc) is 3.29. The molecule has 2 aromatic carbocycles. The molecule has 0 atom stereocenters. The maximum atomic E-state index is 2.52. The molecule has 3 nitrogen and oxygen atoms in total. The van der Waals surface area contributed by atoms with Crippen LogP contribution in [0.4, 0.5) is 0 Å². The van der Waals surface area contributed by atoms with Gasteiger partial charge in [0.2, 0.25) is 0 Å². The van der Waals surface area contributed by atoms with Gasteiger partial charge in [0.15, 0.2) is 24.8 Å². The molecule has 0 spiro atoms. The standard InChI is InChI=1S/C35H43N3.2BrH/c1-2-23-36-26-19-30(20-27-36)31-21-28-37(29-22-31)24-13-7-5-3-4-6-8-14-25-38-34-17-11-9-15-32(34)33-16-10-12-18-35(33)38;;/h9-12,15-22,26-29H,2-8,13-14,23-25H2,1H3;2*1H/q+2;;/p-2. The lowest BCUT2D eigenvalue weighted by molar-refractivity contribution is -0.697. The molecule has 0 N–H and O–H groups in total. The van der Waals surface area contributed by atoms with Crippen LogP contribution in [0.15, 0.2) is 97.6 Å². The highest BCUT2D eigenvalue weighted by atomic mass is 79.9. The van der Waals surface area contributed by atoms with E-state index < -0.39 is 0 Å². The van der Waals surface area contributed by atoms with E-state index in [0.717, 1.165) is 19.6 Å². The van der Waals surface area contributed by atoms with Crippen molar-refractivity contribution in [3.05, 3.63) is 97.6 Å². The second-order valence-electron chi connectivity index (χ2n) is 10.7. The summed E-state index contributed by atoms with van der Waals surface area (Å²) in [6.07, 6.45) is 20.6. The number of unbranched alkanes of at least 4 members (excludes halogenated alkanes) is 7. The highest BCUT2D eigenvalue weighted by molar-refractivity contribution is 6.07. The van der Waals surface area contributed by atoms with Crippen molar-refractivity contribution in [3.63, 3.8) is 0 Å². The lowest BCUT2D eigenvalue weighted by atomic mass is 10.1. The Balaban J connectivity index is 0.00000220. The summed E-state index contributed by atoms with van der Waals surface area (Å²) >= 11 is 0. The normalized spacial score (nSPS) is 10.9. The van der Waals surface area contributed by atoms with E-state index in [1.807, 2.05) is 0 Å². The quantitative estimate of drug-likeness (QED) is 0.128. The van der Waals surface area contributed by atoms with E-state index in [9.17, 15) is 0 Å². The number of nitrogens with zero attached hydrogens (tertiary/aromatic N) is 3. The molecule has 0 aliphatic carbocycles. The number of hydrogen-bond donors (Lipinski definition) is 0. The second kappa shape index (κ2) is 16.7. The van der Waals surface area contributed by atoms with Crippen LogP contribution in [-0.2, 0) is 19.6 Å². The Morgan fingerprint density at radius 3 is 1.43 bits per heavy atom. The van der Waals surface area contributed by atoms with Gasteiger partial charge in [-0.3, -0.25) is 0 Å². The number of hydrogen-bond acceptors (Lipinski definition) is 0. The molecule has 5 rings (SSSR count).